The van der Waals surface area contributed by atoms with Gasteiger partial charge in [0.05, 0.1) is 11.6 Å². The molecule has 10 nitrogen and oxygen atoms in total. The zero-order valence-corrected chi connectivity index (χ0v) is 10.7. The minimum atomic E-state index is 0.305. The van der Waals surface area contributed by atoms with Crippen LogP contribution in [0.15, 0.2) is 10.7 Å². The highest BCUT2D eigenvalue weighted by Crippen LogP contribution is 2.19. The molecule has 20 heavy (non-hydrogen) atoms. The molecule has 0 spiro atoms. The Morgan fingerprint density at radius 1 is 1.35 bits per heavy atom. The molecule has 3 heterocycles. The summed E-state index contributed by atoms with van der Waals surface area (Å²) >= 11 is 0. The number of hydrogen-bond acceptors (Lipinski definition) is 9. The lowest BCUT2D eigenvalue weighted by Gasteiger charge is -2.06. The van der Waals surface area contributed by atoms with E-state index in [9.17, 15) is 0 Å². The smallest absolute Gasteiger partial charge is 0.241 e. The van der Waals surface area contributed by atoms with Crippen molar-refractivity contribution in [2.75, 3.05) is 17.3 Å². The molecule has 3 aromatic rings. The molecule has 0 unspecified atom stereocenters. The number of fused-ring (bicyclic) bond motifs is 1. The molecule has 0 aliphatic heterocycles. The van der Waals surface area contributed by atoms with Crippen molar-refractivity contribution in [2.24, 2.45) is 5.84 Å². The second-order valence-corrected chi connectivity index (χ2v) is 4.08. The highest BCUT2D eigenvalue weighted by atomic mass is 16.5. The predicted octanol–water partition coefficient (Wildman–Crippen LogP) is -0.0155. The molecule has 10 heteroatoms. The number of nitrogens with two attached hydrogens (primary N) is 1. The normalized spacial score (nSPS) is 10.9. The summed E-state index contributed by atoms with van der Waals surface area (Å²) in [5.41, 5.74) is 3.01. The van der Waals surface area contributed by atoms with E-state index in [0.29, 0.717) is 42.1 Å². The van der Waals surface area contributed by atoms with E-state index >= 15 is 0 Å². The van der Waals surface area contributed by atoms with Gasteiger partial charge in [0, 0.05) is 19.9 Å². The summed E-state index contributed by atoms with van der Waals surface area (Å²) in [5.74, 6) is 7.47. The molecule has 104 valence electrons. The largest absolute Gasteiger partial charge is 0.369 e. The molecule has 3 aromatic heterocycles. The van der Waals surface area contributed by atoms with Crippen molar-refractivity contribution in [1.82, 2.24) is 30.3 Å². The van der Waals surface area contributed by atoms with Crippen LogP contribution in [-0.4, -0.2) is 36.9 Å². The molecular weight excluding hydrogens is 262 g/mol. The second kappa shape index (κ2) is 5.09. The third kappa shape index (κ3) is 2.36. The highest BCUT2D eigenvalue weighted by Gasteiger charge is 2.09. The standard InChI is InChI=1S/C10H13N9O/c1-5-14-7(19-20-5)2-3-12-8-6-4-13-18-9(6)16-10(15-8)17-11/h4H,2-3,11H2,1H3,(H3,12,13,15,16,17,18). The van der Waals surface area contributed by atoms with Gasteiger partial charge < -0.3 is 9.84 Å². The van der Waals surface area contributed by atoms with Crippen LogP contribution < -0.4 is 16.6 Å². The van der Waals surface area contributed by atoms with Gasteiger partial charge in [-0.15, -0.1) is 0 Å². The van der Waals surface area contributed by atoms with Crippen molar-refractivity contribution >= 4 is 22.8 Å². The van der Waals surface area contributed by atoms with E-state index in [4.69, 9.17) is 10.4 Å². The van der Waals surface area contributed by atoms with E-state index in [-0.39, 0.29) is 0 Å². The van der Waals surface area contributed by atoms with E-state index in [1.807, 2.05) is 0 Å². The summed E-state index contributed by atoms with van der Waals surface area (Å²) in [6, 6.07) is 0. The molecular formula is C10H13N9O. The van der Waals surface area contributed by atoms with Gasteiger partial charge in [-0.25, -0.2) is 5.84 Å². The lowest BCUT2D eigenvalue weighted by molar-refractivity contribution is 0.387. The number of nitrogen functional groups attached to an aromatic ring is 1. The zero-order valence-electron chi connectivity index (χ0n) is 10.7. The van der Waals surface area contributed by atoms with Crippen LogP contribution in [0.3, 0.4) is 0 Å². The predicted molar refractivity (Wildman–Crippen MR) is 70.7 cm³/mol. The van der Waals surface area contributed by atoms with Gasteiger partial charge in [-0.05, 0) is 0 Å². The van der Waals surface area contributed by atoms with Gasteiger partial charge in [0.1, 0.15) is 5.82 Å². The number of rotatable bonds is 5. The van der Waals surface area contributed by atoms with Crippen molar-refractivity contribution in [3.8, 4) is 0 Å². The molecule has 0 saturated heterocycles. The van der Waals surface area contributed by atoms with E-state index < -0.39 is 0 Å². The van der Waals surface area contributed by atoms with E-state index in [0.717, 1.165) is 5.39 Å². The van der Waals surface area contributed by atoms with Crippen molar-refractivity contribution < 1.29 is 4.52 Å². The summed E-state index contributed by atoms with van der Waals surface area (Å²) in [6.45, 7) is 2.35. The Morgan fingerprint density at radius 3 is 3.00 bits per heavy atom. The lowest BCUT2D eigenvalue weighted by Crippen LogP contribution is -2.13. The maximum Gasteiger partial charge on any atom is 0.241 e. The van der Waals surface area contributed by atoms with Gasteiger partial charge >= 0.3 is 0 Å². The topological polar surface area (TPSA) is 143 Å². The summed E-state index contributed by atoms with van der Waals surface area (Å²) in [6.07, 6.45) is 2.27. The Bertz CT molecular complexity index is 718. The molecule has 0 saturated carbocycles. The molecule has 5 N–H and O–H groups in total. The molecule has 0 amide bonds. The third-order valence-corrected chi connectivity index (χ3v) is 2.65. The van der Waals surface area contributed by atoms with Crippen LogP contribution in [0.1, 0.15) is 11.7 Å². The Hall–Kier alpha value is -2.75. The second-order valence-electron chi connectivity index (χ2n) is 4.08. The maximum absolute atomic E-state index is 5.33. The number of hydrazine groups is 1. The Morgan fingerprint density at radius 2 is 2.25 bits per heavy atom. The van der Waals surface area contributed by atoms with Crippen LogP contribution in [0, 0.1) is 6.92 Å². The highest BCUT2D eigenvalue weighted by molar-refractivity contribution is 5.86. The Labute approximate surface area is 113 Å². The van der Waals surface area contributed by atoms with Crippen molar-refractivity contribution in [3.05, 3.63) is 17.9 Å². The molecule has 0 fully saturated rings. The summed E-state index contributed by atoms with van der Waals surface area (Å²) in [7, 11) is 0. The van der Waals surface area contributed by atoms with Crippen LogP contribution in [0.25, 0.3) is 11.0 Å². The zero-order chi connectivity index (χ0) is 13.9. The summed E-state index contributed by atoms with van der Waals surface area (Å²) in [4.78, 5) is 12.5. The minimum Gasteiger partial charge on any atom is -0.369 e. The number of aryl methyl sites for hydroxylation is 1. The molecule has 0 aliphatic carbocycles. The molecule has 0 aromatic carbocycles. The monoisotopic (exact) mass is 275 g/mol. The fraction of sp³-hybridized carbons (Fsp3) is 0.300. The average molecular weight is 275 g/mol. The number of nitrogens with zero attached hydrogens (tertiary/aromatic N) is 5. The first-order valence-electron chi connectivity index (χ1n) is 5.97. The van der Waals surface area contributed by atoms with Crippen molar-refractivity contribution in [1.29, 1.82) is 0 Å². The van der Waals surface area contributed by atoms with Gasteiger partial charge in [-0.1, -0.05) is 5.16 Å². The first-order chi connectivity index (χ1) is 9.76. The Balaban J connectivity index is 1.74. The molecule has 0 radical (unpaired) electrons. The van der Waals surface area contributed by atoms with Crippen LogP contribution in [0.5, 0.6) is 0 Å². The minimum absolute atomic E-state index is 0.305. The number of aromatic nitrogens is 6. The fourth-order valence-corrected chi connectivity index (χ4v) is 1.77. The number of anilines is 2. The first-order valence-corrected chi connectivity index (χ1v) is 5.97. The van der Waals surface area contributed by atoms with E-state index in [1.54, 1.807) is 13.1 Å². The molecule has 0 bridgehead atoms. The van der Waals surface area contributed by atoms with Gasteiger partial charge in [0.2, 0.25) is 11.8 Å². The summed E-state index contributed by atoms with van der Waals surface area (Å²) in [5, 5.41) is 14.5. The quantitative estimate of drug-likeness (QED) is 0.373. The number of nitrogens with one attached hydrogen (secondary N) is 3. The van der Waals surface area contributed by atoms with E-state index in [1.165, 1.54) is 0 Å². The van der Waals surface area contributed by atoms with Gasteiger partial charge in [-0.3, -0.25) is 10.5 Å². The molecule has 0 aliphatic rings. The third-order valence-electron chi connectivity index (χ3n) is 2.65. The fourth-order valence-electron chi connectivity index (χ4n) is 1.77. The van der Waals surface area contributed by atoms with Gasteiger partial charge in [0.15, 0.2) is 11.5 Å². The van der Waals surface area contributed by atoms with Crippen LogP contribution in [0.4, 0.5) is 11.8 Å². The van der Waals surface area contributed by atoms with Crippen LogP contribution in [-0.2, 0) is 6.42 Å². The SMILES string of the molecule is Cc1nc(CCNc2nc(NN)nc3[nH]ncc23)no1. The van der Waals surface area contributed by atoms with Gasteiger partial charge in [-0.2, -0.15) is 20.1 Å². The molecule has 3 rings (SSSR count). The number of hydrogen-bond donors (Lipinski definition) is 4. The number of H-pyrrole nitrogens is 1. The average Bonchev–Trinajstić information content (AvgIpc) is 3.07. The Kier molecular flexibility index (Phi) is 3.13. The first kappa shape index (κ1) is 12.3. The summed E-state index contributed by atoms with van der Waals surface area (Å²) < 4.78 is 4.91. The van der Waals surface area contributed by atoms with Crippen LogP contribution >= 0.6 is 0 Å². The van der Waals surface area contributed by atoms with Crippen molar-refractivity contribution in [2.45, 2.75) is 13.3 Å². The maximum atomic E-state index is 5.33. The number of aromatic amines is 1. The lowest BCUT2D eigenvalue weighted by atomic mass is 10.3. The van der Waals surface area contributed by atoms with E-state index in [2.05, 4.69) is 41.0 Å². The van der Waals surface area contributed by atoms with Gasteiger partial charge in [0.25, 0.3) is 0 Å². The molecule has 0 atom stereocenters. The van der Waals surface area contributed by atoms with Crippen LogP contribution in [0.2, 0.25) is 0 Å². The van der Waals surface area contributed by atoms with Crippen molar-refractivity contribution in [3.63, 3.8) is 0 Å².